The van der Waals surface area contributed by atoms with Crippen molar-refractivity contribution in [3.63, 3.8) is 0 Å². The highest BCUT2D eigenvalue weighted by Gasteiger charge is 2.09. The highest BCUT2D eigenvalue weighted by atomic mass is 35.5. The standard InChI is InChI=1S/C11H17ClN2O2/c1-14(7-9(12)8-15-2)11-5-4-10(16-3)6-13-11/h4-6,9H,7-8H2,1-3H3. The second kappa shape index (κ2) is 6.55. The lowest BCUT2D eigenvalue weighted by Crippen LogP contribution is -2.29. The smallest absolute Gasteiger partial charge is 0.137 e. The van der Waals surface area contributed by atoms with E-state index in [-0.39, 0.29) is 5.38 Å². The van der Waals surface area contributed by atoms with E-state index in [1.54, 1.807) is 20.4 Å². The Bertz CT molecular complexity index is 305. The van der Waals surface area contributed by atoms with Gasteiger partial charge in [0, 0.05) is 20.7 Å². The normalized spacial score (nSPS) is 12.2. The first-order valence-corrected chi connectivity index (χ1v) is 5.45. The molecule has 0 N–H and O–H groups in total. The Balaban J connectivity index is 2.55. The second-order valence-electron chi connectivity index (χ2n) is 3.49. The van der Waals surface area contributed by atoms with E-state index >= 15 is 0 Å². The summed E-state index contributed by atoms with van der Waals surface area (Å²) in [6.45, 7) is 1.22. The molecular formula is C11H17ClN2O2. The topological polar surface area (TPSA) is 34.6 Å². The molecule has 4 nitrogen and oxygen atoms in total. The van der Waals surface area contributed by atoms with Crippen LogP contribution >= 0.6 is 11.6 Å². The van der Waals surface area contributed by atoms with E-state index in [0.717, 1.165) is 11.6 Å². The summed E-state index contributed by atoms with van der Waals surface area (Å²) in [4.78, 5) is 6.25. The largest absolute Gasteiger partial charge is 0.495 e. The molecule has 0 fully saturated rings. The Morgan fingerprint density at radius 1 is 1.44 bits per heavy atom. The zero-order valence-corrected chi connectivity index (χ0v) is 10.6. The number of methoxy groups -OCH3 is 2. The van der Waals surface area contributed by atoms with Crippen LogP contribution < -0.4 is 9.64 Å². The Labute approximate surface area is 101 Å². The molecule has 0 spiro atoms. The molecule has 1 atom stereocenters. The fraction of sp³-hybridized carbons (Fsp3) is 0.545. The molecule has 1 unspecified atom stereocenters. The molecule has 0 aliphatic rings. The Morgan fingerprint density at radius 3 is 2.69 bits per heavy atom. The van der Waals surface area contributed by atoms with Crippen LogP contribution in [-0.2, 0) is 4.74 Å². The van der Waals surface area contributed by atoms with E-state index in [1.165, 1.54) is 0 Å². The fourth-order valence-corrected chi connectivity index (χ4v) is 1.68. The van der Waals surface area contributed by atoms with Crippen LogP contribution in [-0.4, -0.2) is 44.8 Å². The van der Waals surface area contributed by atoms with Gasteiger partial charge in [0.1, 0.15) is 11.6 Å². The summed E-state index contributed by atoms with van der Waals surface area (Å²) in [6, 6.07) is 3.77. The molecule has 1 aromatic rings. The third kappa shape index (κ3) is 3.87. The SMILES string of the molecule is COCC(Cl)CN(C)c1ccc(OC)cn1. The van der Waals surface area contributed by atoms with Gasteiger partial charge < -0.3 is 14.4 Å². The highest BCUT2D eigenvalue weighted by Crippen LogP contribution is 2.15. The first-order valence-electron chi connectivity index (χ1n) is 5.01. The number of alkyl halides is 1. The fourth-order valence-electron chi connectivity index (χ4n) is 1.34. The lowest BCUT2D eigenvalue weighted by molar-refractivity contribution is 0.199. The van der Waals surface area contributed by atoms with Crippen molar-refractivity contribution in [1.82, 2.24) is 4.98 Å². The van der Waals surface area contributed by atoms with Crippen molar-refractivity contribution in [2.45, 2.75) is 5.38 Å². The lowest BCUT2D eigenvalue weighted by atomic mass is 10.3. The minimum atomic E-state index is -0.0427. The third-order valence-corrected chi connectivity index (χ3v) is 2.43. The summed E-state index contributed by atoms with van der Waals surface area (Å²) >= 11 is 6.07. The molecule has 1 aromatic heterocycles. The number of anilines is 1. The van der Waals surface area contributed by atoms with Crippen molar-refractivity contribution in [3.8, 4) is 5.75 Å². The van der Waals surface area contributed by atoms with Crippen LogP contribution in [0.2, 0.25) is 0 Å². The molecular weight excluding hydrogens is 228 g/mol. The Kier molecular flexibility index (Phi) is 5.35. The average molecular weight is 245 g/mol. The van der Waals surface area contributed by atoms with Gasteiger partial charge >= 0.3 is 0 Å². The lowest BCUT2D eigenvalue weighted by Gasteiger charge is -2.20. The monoisotopic (exact) mass is 244 g/mol. The van der Waals surface area contributed by atoms with Gasteiger partial charge in [0.2, 0.25) is 0 Å². The summed E-state index contributed by atoms with van der Waals surface area (Å²) in [6.07, 6.45) is 1.69. The van der Waals surface area contributed by atoms with Crippen LogP contribution in [0.4, 0.5) is 5.82 Å². The highest BCUT2D eigenvalue weighted by molar-refractivity contribution is 6.21. The summed E-state index contributed by atoms with van der Waals surface area (Å²) < 4.78 is 10.0. The second-order valence-corrected chi connectivity index (χ2v) is 4.11. The van der Waals surface area contributed by atoms with E-state index in [0.29, 0.717) is 13.2 Å². The van der Waals surface area contributed by atoms with Gasteiger partial charge in [-0.1, -0.05) is 0 Å². The van der Waals surface area contributed by atoms with Gasteiger partial charge in [0.05, 0.1) is 25.3 Å². The van der Waals surface area contributed by atoms with Gasteiger partial charge in [0.25, 0.3) is 0 Å². The average Bonchev–Trinajstić information content (AvgIpc) is 2.29. The molecule has 0 aliphatic heterocycles. The number of pyridine rings is 1. The number of rotatable bonds is 6. The molecule has 0 bridgehead atoms. The minimum Gasteiger partial charge on any atom is -0.495 e. The molecule has 0 aromatic carbocycles. The number of hydrogen-bond acceptors (Lipinski definition) is 4. The number of halogens is 1. The van der Waals surface area contributed by atoms with Crippen molar-refractivity contribution < 1.29 is 9.47 Å². The van der Waals surface area contributed by atoms with E-state index in [1.807, 2.05) is 24.1 Å². The molecule has 1 rings (SSSR count). The Hall–Kier alpha value is -1.00. The van der Waals surface area contributed by atoms with E-state index < -0.39 is 0 Å². The van der Waals surface area contributed by atoms with Crippen molar-refractivity contribution in [2.24, 2.45) is 0 Å². The number of hydrogen-bond donors (Lipinski definition) is 0. The quantitative estimate of drug-likeness (QED) is 0.715. The summed E-state index contributed by atoms with van der Waals surface area (Å²) in [7, 11) is 5.20. The van der Waals surface area contributed by atoms with Crippen LogP contribution in [0.5, 0.6) is 5.75 Å². The van der Waals surface area contributed by atoms with Gasteiger partial charge in [-0.3, -0.25) is 0 Å². The van der Waals surface area contributed by atoms with Crippen LogP contribution in [0.25, 0.3) is 0 Å². The Morgan fingerprint density at radius 2 is 2.19 bits per heavy atom. The van der Waals surface area contributed by atoms with Crippen LogP contribution in [0.3, 0.4) is 0 Å². The van der Waals surface area contributed by atoms with Crippen molar-refractivity contribution in [2.75, 3.05) is 39.3 Å². The molecule has 0 radical (unpaired) electrons. The number of nitrogens with zero attached hydrogens (tertiary/aromatic N) is 2. The first-order chi connectivity index (χ1) is 7.67. The van der Waals surface area contributed by atoms with Crippen molar-refractivity contribution in [1.29, 1.82) is 0 Å². The van der Waals surface area contributed by atoms with Gasteiger partial charge in [0.15, 0.2) is 0 Å². The summed E-state index contributed by atoms with van der Waals surface area (Å²) in [5, 5.41) is -0.0427. The number of aromatic nitrogens is 1. The number of ether oxygens (including phenoxy) is 2. The molecule has 0 saturated carbocycles. The first kappa shape index (κ1) is 13.1. The van der Waals surface area contributed by atoms with E-state index in [4.69, 9.17) is 21.1 Å². The van der Waals surface area contributed by atoms with Crippen LogP contribution in [0.15, 0.2) is 18.3 Å². The predicted octanol–water partition coefficient (Wildman–Crippen LogP) is 1.78. The molecule has 90 valence electrons. The van der Waals surface area contributed by atoms with Crippen LogP contribution in [0, 0.1) is 0 Å². The van der Waals surface area contributed by atoms with Gasteiger partial charge in [-0.25, -0.2) is 4.98 Å². The maximum Gasteiger partial charge on any atom is 0.137 e. The van der Waals surface area contributed by atoms with E-state index in [2.05, 4.69) is 4.98 Å². The minimum absolute atomic E-state index is 0.0427. The molecule has 16 heavy (non-hydrogen) atoms. The maximum atomic E-state index is 6.07. The molecule has 1 heterocycles. The molecule has 5 heteroatoms. The summed E-state index contributed by atoms with van der Waals surface area (Å²) in [5.74, 6) is 1.61. The van der Waals surface area contributed by atoms with Crippen molar-refractivity contribution >= 4 is 17.4 Å². The third-order valence-electron chi connectivity index (χ3n) is 2.17. The zero-order valence-electron chi connectivity index (χ0n) is 9.81. The predicted molar refractivity (Wildman–Crippen MR) is 65.6 cm³/mol. The molecule has 0 aliphatic carbocycles. The maximum absolute atomic E-state index is 6.07. The van der Waals surface area contributed by atoms with Gasteiger partial charge in [-0.05, 0) is 12.1 Å². The molecule has 0 saturated heterocycles. The zero-order chi connectivity index (χ0) is 12.0. The van der Waals surface area contributed by atoms with Gasteiger partial charge in [-0.2, -0.15) is 0 Å². The summed E-state index contributed by atoms with van der Waals surface area (Å²) in [5.41, 5.74) is 0. The van der Waals surface area contributed by atoms with Gasteiger partial charge in [-0.15, -0.1) is 11.6 Å². The van der Waals surface area contributed by atoms with E-state index in [9.17, 15) is 0 Å². The van der Waals surface area contributed by atoms with Crippen molar-refractivity contribution in [3.05, 3.63) is 18.3 Å². The van der Waals surface area contributed by atoms with Crippen LogP contribution in [0.1, 0.15) is 0 Å². The molecule has 0 amide bonds.